The summed E-state index contributed by atoms with van der Waals surface area (Å²) in [4.78, 5) is 20.8. The van der Waals surface area contributed by atoms with Gasteiger partial charge in [-0.15, -0.1) is 0 Å². The second kappa shape index (κ2) is 9.74. The molecule has 1 aromatic rings. The Morgan fingerprint density at radius 3 is 2.96 bits per heavy atom. The summed E-state index contributed by atoms with van der Waals surface area (Å²) in [7, 11) is 2.09. The van der Waals surface area contributed by atoms with Gasteiger partial charge in [-0.1, -0.05) is 24.3 Å². The minimum atomic E-state index is 0.269. The number of nitrogens with one attached hydrogen (secondary N) is 1. The van der Waals surface area contributed by atoms with Crippen LogP contribution >= 0.6 is 0 Å². The summed E-state index contributed by atoms with van der Waals surface area (Å²) >= 11 is 0. The van der Waals surface area contributed by atoms with Crippen LogP contribution in [0.5, 0.6) is 0 Å². The molecule has 6 nitrogen and oxygen atoms in total. The molecule has 6 heteroatoms. The lowest BCUT2D eigenvalue weighted by Gasteiger charge is -2.24. The molecule has 1 unspecified atom stereocenters. The van der Waals surface area contributed by atoms with Crippen LogP contribution in [0.15, 0.2) is 29.3 Å². The van der Waals surface area contributed by atoms with Crippen LogP contribution in [0.3, 0.4) is 0 Å². The van der Waals surface area contributed by atoms with Crippen LogP contribution < -0.4 is 5.32 Å². The average Bonchev–Trinajstić information content (AvgIpc) is 3.31. The van der Waals surface area contributed by atoms with E-state index in [9.17, 15) is 4.79 Å². The number of guanidine groups is 1. The first-order chi connectivity index (χ1) is 13.2. The SMILES string of the molecule is CCNC(=NCc1cccc(CN2CCCC2=O)c1)N(C)CC1CCOC1. The summed E-state index contributed by atoms with van der Waals surface area (Å²) in [5, 5.41) is 3.39. The predicted molar refractivity (Wildman–Crippen MR) is 107 cm³/mol. The summed E-state index contributed by atoms with van der Waals surface area (Å²) in [5.41, 5.74) is 2.35. The standard InChI is InChI=1S/C21H32N4O2/c1-3-22-21(24(2)14-19-9-11-27-16-19)23-13-17-6-4-7-18(12-17)15-25-10-5-8-20(25)26/h4,6-7,12,19H,3,5,8-11,13-16H2,1-2H3,(H,22,23). The summed E-state index contributed by atoms with van der Waals surface area (Å²) in [5.74, 6) is 1.79. The zero-order valence-corrected chi connectivity index (χ0v) is 16.6. The molecule has 0 radical (unpaired) electrons. The van der Waals surface area contributed by atoms with E-state index in [4.69, 9.17) is 9.73 Å². The summed E-state index contributed by atoms with van der Waals surface area (Å²) in [6.07, 6.45) is 2.79. The first kappa shape index (κ1) is 19.7. The van der Waals surface area contributed by atoms with E-state index in [0.717, 1.165) is 51.6 Å². The molecule has 1 aromatic carbocycles. The Labute approximate surface area is 162 Å². The molecule has 1 amide bonds. The van der Waals surface area contributed by atoms with E-state index < -0.39 is 0 Å². The van der Waals surface area contributed by atoms with E-state index in [1.54, 1.807) is 0 Å². The molecule has 148 valence electrons. The van der Waals surface area contributed by atoms with E-state index in [0.29, 0.717) is 25.4 Å². The molecular formula is C21H32N4O2. The summed E-state index contributed by atoms with van der Waals surface area (Å²) in [6, 6.07) is 8.43. The van der Waals surface area contributed by atoms with E-state index in [1.807, 2.05) is 4.90 Å². The van der Waals surface area contributed by atoms with E-state index in [2.05, 4.69) is 48.5 Å². The molecule has 0 bridgehead atoms. The first-order valence-corrected chi connectivity index (χ1v) is 10.1. The number of hydrogen-bond acceptors (Lipinski definition) is 3. The highest BCUT2D eigenvalue weighted by Gasteiger charge is 2.20. The molecule has 0 saturated carbocycles. The van der Waals surface area contributed by atoms with Gasteiger partial charge in [0, 0.05) is 52.2 Å². The van der Waals surface area contributed by atoms with Gasteiger partial charge in [0.15, 0.2) is 5.96 Å². The van der Waals surface area contributed by atoms with Crippen molar-refractivity contribution in [2.45, 2.75) is 39.3 Å². The third-order valence-electron chi connectivity index (χ3n) is 5.20. The van der Waals surface area contributed by atoms with Crippen molar-refractivity contribution in [3.63, 3.8) is 0 Å². The highest BCUT2D eigenvalue weighted by atomic mass is 16.5. The Morgan fingerprint density at radius 1 is 1.41 bits per heavy atom. The third-order valence-corrected chi connectivity index (χ3v) is 5.20. The van der Waals surface area contributed by atoms with Crippen molar-refractivity contribution < 1.29 is 9.53 Å². The fourth-order valence-electron chi connectivity index (χ4n) is 3.75. The number of hydrogen-bond donors (Lipinski definition) is 1. The van der Waals surface area contributed by atoms with Crippen LogP contribution in [-0.4, -0.2) is 61.6 Å². The van der Waals surface area contributed by atoms with Gasteiger partial charge in [-0.2, -0.15) is 0 Å². The van der Waals surface area contributed by atoms with E-state index >= 15 is 0 Å². The zero-order valence-electron chi connectivity index (χ0n) is 16.6. The Hall–Kier alpha value is -2.08. The molecule has 0 aromatic heterocycles. The van der Waals surface area contributed by atoms with Crippen LogP contribution in [0, 0.1) is 5.92 Å². The molecule has 0 aliphatic carbocycles. The maximum atomic E-state index is 11.8. The zero-order chi connectivity index (χ0) is 19.1. The smallest absolute Gasteiger partial charge is 0.222 e. The predicted octanol–water partition coefficient (Wildman–Crippen LogP) is 2.24. The highest BCUT2D eigenvalue weighted by Crippen LogP contribution is 2.16. The Kier molecular flexibility index (Phi) is 7.10. The van der Waals surface area contributed by atoms with Crippen molar-refractivity contribution in [1.29, 1.82) is 0 Å². The number of aliphatic imine (C=N–C) groups is 1. The second-order valence-corrected chi connectivity index (χ2v) is 7.52. The number of amides is 1. The van der Waals surface area contributed by atoms with Gasteiger partial charge in [-0.05, 0) is 30.9 Å². The third kappa shape index (κ3) is 5.70. The Morgan fingerprint density at radius 2 is 2.26 bits per heavy atom. The van der Waals surface area contributed by atoms with Gasteiger partial charge in [0.05, 0.1) is 13.2 Å². The fraction of sp³-hybridized carbons (Fsp3) is 0.619. The largest absolute Gasteiger partial charge is 0.381 e. The number of likely N-dealkylation sites (tertiary alicyclic amines) is 1. The number of carbonyl (C=O) groups excluding carboxylic acids is 1. The Balaban J connectivity index is 1.61. The molecule has 2 heterocycles. The van der Waals surface area contributed by atoms with Crippen LogP contribution in [0.2, 0.25) is 0 Å². The summed E-state index contributed by atoms with van der Waals surface area (Å²) in [6.45, 7) is 7.84. The van der Waals surface area contributed by atoms with Gasteiger partial charge in [-0.25, -0.2) is 4.99 Å². The van der Waals surface area contributed by atoms with Crippen LogP contribution in [0.1, 0.15) is 37.3 Å². The monoisotopic (exact) mass is 372 g/mol. The van der Waals surface area contributed by atoms with Gasteiger partial charge < -0.3 is 19.9 Å². The normalized spacial score (nSPS) is 20.4. The Bertz CT molecular complexity index is 655. The molecule has 27 heavy (non-hydrogen) atoms. The quantitative estimate of drug-likeness (QED) is 0.589. The maximum Gasteiger partial charge on any atom is 0.222 e. The molecule has 2 aliphatic rings. The van der Waals surface area contributed by atoms with Gasteiger partial charge in [0.25, 0.3) is 0 Å². The number of benzene rings is 1. The number of ether oxygens (including phenoxy) is 1. The fourth-order valence-corrected chi connectivity index (χ4v) is 3.75. The average molecular weight is 373 g/mol. The number of rotatable bonds is 7. The van der Waals surface area contributed by atoms with Crippen molar-refractivity contribution in [1.82, 2.24) is 15.1 Å². The molecule has 2 aliphatic heterocycles. The molecule has 1 atom stereocenters. The van der Waals surface area contributed by atoms with Crippen LogP contribution in [0.4, 0.5) is 0 Å². The lowest BCUT2D eigenvalue weighted by atomic mass is 10.1. The molecular weight excluding hydrogens is 340 g/mol. The number of carbonyl (C=O) groups is 1. The van der Waals surface area contributed by atoms with Gasteiger partial charge in [0.1, 0.15) is 0 Å². The first-order valence-electron chi connectivity index (χ1n) is 10.1. The van der Waals surface area contributed by atoms with Gasteiger partial charge in [0.2, 0.25) is 5.91 Å². The van der Waals surface area contributed by atoms with Crippen molar-refractivity contribution in [2.24, 2.45) is 10.9 Å². The van der Waals surface area contributed by atoms with Crippen molar-refractivity contribution >= 4 is 11.9 Å². The second-order valence-electron chi connectivity index (χ2n) is 7.52. The topological polar surface area (TPSA) is 57.2 Å². The van der Waals surface area contributed by atoms with Crippen LogP contribution in [0.25, 0.3) is 0 Å². The lowest BCUT2D eigenvalue weighted by Crippen LogP contribution is -2.41. The number of nitrogens with zero attached hydrogens (tertiary/aromatic N) is 3. The van der Waals surface area contributed by atoms with Crippen molar-refractivity contribution in [3.8, 4) is 0 Å². The minimum Gasteiger partial charge on any atom is -0.381 e. The van der Waals surface area contributed by atoms with Crippen molar-refractivity contribution in [2.75, 3.05) is 39.9 Å². The molecule has 1 N–H and O–H groups in total. The highest BCUT2D eigenvalue weighted by molar-refractivity contribution is 5.79. The van der Waals surface area contributed by atoms with E-state index in [1.165, 1.54) is 11.1 Å². The molecule has 2 fully saturated rings. The lowest BCUT2D eigenvalue weighted by molar-refractivity contribution is -0.128. The molecule has 0 spiro atoms. The van der Waals surface area contributed by atoms with Gasteiger partial charge in [-0.3, -0.25) is 4.79 Å². The van der Waals surface area contributed by atoms with Crippen LogP contribution in [-0.2, 0) is 22.6 Å². The minimum absolute atomic E-state index is 0.269. The molecule has 3 rings (SSSR count). The van der Waals surface area contributed by atoms with E-state index in [-0.39, 0.29) is 5.91 Å². The van der Waals surface area contributed by atoms with Crippen molar-refractivity contribution in [3.05, 3.63) is 35.4 Å². The maximum absolute atomic E-state index is 11.8. The summed E-state index contributed by atoms with van der Waals surface area (Å²) < 4.78 is 5.49. The van der Waals surface area contributed by atoms with Gasteiger partial charge >= 0.3 is 0 Å². The molecule has 2 saturated heterocycles.